The van der Waals surface area contributed by atoms with E-state index in [4.69, 9.17) is 4.74 Å². The van der Waals surface area contributed by atoms with Crippen LogP contribution in [0.4, 0.5) is 5.95 Å². The Hall–Kier alpha value is -2.22. The largest absolute Gasteiger partial charge is 0.492 e. The lowest BCUT2D eigenvalue weighted by atomic mass is 9.93. The number of likely N-dealkylation sites (tertiary alicyclic amines) is 1. The van der Waals surface area contributed by atoms with Crippen LogP contribution in [0.1, 0.15) is 37.7 Å². The summed E-state index contributed by atoms with van der Waals surface area (Å²) in [6.07, 6.45) is 9.18. The maximum absolute atomic E-state index is 11.1. The second-order valence-electron chi connectivity index (χ2n) is 8.80. The Morgan fingerprint density at radius 3 is 2.71 bits per heavy atom. The molecule has 1 aromatic heterocycles. The third-order valence-corrected chi connectivity index (χ3v) is 6.20. The molecule has 0 unspecified atom stereocenters. The Balaban J connectivity index is 1.22. The maximum Gasteiger partial charge on any atom is 0.225 e. The van der Waals surface area contributed by atoms with Gasteiger partial charge in [0.05, 0.1) is 12.1 Å². The van der Waals surface area contributed by atoms with E-state index in [9.17, 15) is 5.11 Å². The lowest BCUT2D eigenvalue weighted by Gasteiger charge is -2.39. The molecule has 4 rings (SSSR count). The van der Waals surface area contributed by atoms with E-state index < -0.39 is 5.60 Å². The molecule has 0 spiro atoms. The Labute approximate surface area is 185 Å². The number of aromatic nitrogens is 2. The molecule has 0 saturated carbocycles. The molecule has 2 fully saturated rings. The first-order valence-corrected chi connectivity index (χ1v) is 11.6. The van der Waals surface area contributed by atoms with E-state index in [1.165, 1.54) is 32.4 Å². The van der Waals surface area contributed by atoms with Gasteiger partial charge in [-0.05, 0) is 62.5 Å². The summed E-state index contributed by atoms with van der Waals surface area (Å²) in [7, 11) is 0. The summed E-state index contributed by atoms with van der Waals surface area (Å²) in [6, 6.07) is 10.1. The lowest BCUT2D eigenvalue weighted by Crippen LogP contribution is -2.53. The molecule has 0 bridgehead atoms. The van der Waals surface area contributed by atoms with Gasteiger partial charge in [0.15, 0.2) is 0 Å². The van der Waals surface area contributed by atoms with Gasteiger partial charge in [0.25, 0.3) is 0 Å². The van der Waals surface area contributed by atoms with Crippen LogP contribution in [0, 0.1) is 0 Å². The van der Waals surface area contributed by atoms with Gasteiger partial charge in [-0.1, -0.05) is 18.6 Å². The molecule has 2 N–H and O–H groups in total. The minimum absolute atomic E-state index is 0.538. The molecule has 2 aliphatic rings. The Bertz CT molecular complexity index is 800. The van der Waals surface area contributed by atoms with Crippen LogP contribution in [0.3, 0.4) is 0 Å². The Morgan fingerprint density at radius 1 is 1.03 bits per heavy atom. The monoisotopic (exact) mass is 425 g/mol. The normalized spacial score (nSPS) is 22.4. The second kappa shape index (κ2) is 10.9. The number of benzene rings is 1. The van der Waals surface area contributed by atoms with Crippen molar-refractivity contribution in [3.63, 3.8) is 0 Å². The predicted octanol–water partition coefficient (Wildman–Crippen LogP) is 2.46. The summed E-state index contributed by atoms with van der Waals surface area (Å²) in [4.78, 5) is 13.2. The van der Waals surface area contributed by atoms with Crippen LogP contribution in [0.15, 0.2) is 42.7 Å². The fourth-order valence-electron chi connectivity index (χ4n) is 4.54. The van der Waals surface area contributed by atoms with Crippen LogP contribution < -0.4 is 15.0 Å². The zero-order valence-corrected chi connectivity index (χ0v) is 18.4. The molecule has 0 amide bonds. The van der Waals surface area contributed by atoms with Crippen LogP contribution in [-0.4, -0.2) is 71.5 Å². The van der Waals surface area contributed by atoms with Crippen LogP contribution in [-0.2, 0) is 6.54 Å². The molecule has 168 valence electrons. The molecular weight excluding hydrogens is 390 g/mol. The van der Waals surface area contributed by atoms with Crippen molar-refractivity contribution in [2.75, 3.05) is 50.8 Å². The summed E-state index contributed by atoms with van der Waals surface area (Å²) >= 11 is 0. The molecule has 7 nitrogen and oxygen atoms in total. The smallest absolute Gasteiger partial charge is 0.225 e. The number of nitrogens with zero attached hydrogens (tertiary/aromatic N) is 4. The number of piperidine rings is 2. The zero-order valence-electron chi connectivity index (χ0n) is 18.4. The molecule has 1 atom stereocenters. The molecule has 0 aliphatic carbocycles. The molecule has 0 radical (unpaired) electrons. The van der Waals surface area contributed by atoms with Gasteiger partial charge < -0.3 is 20.1 Å². The van der Waals surface area contributed by atoms with E-state index in [1.54, 1.807) is 12.4 Å². The van der Waals surface area contributed by atoms with Gasteiger partial charge in [0.1, 0.15) is 12.4 Å². The number of β-amino-alcohol motifs (C(OH)–C–C–N with tert-alkyl or cyclic N) is 1. The van der Waals surface area contributed by atoms with Crippen LogP contribution in [0.2, 0.25) is 0 Å². The van der Waals surface area contributed by atoms with E-state index in [0.717, 1.165) is 43.9 Å². The molecule has 2 saturated heterocycles. The van der Waals surface area contributed by atoms with Crippen LogP contribution in [0.5, 0.6) is 5.75 Å². The highest BCUT2D eigenvalue weighted by Gasteiger charge is 2.33. The van der Waals surface area contributed by atoms with Crippen molar-refractivity contribution in [2.45, 2.75) is 44.2 Å². The highest BCUT2D eigenvalue weighted by Crippen LogP contribution is 2.23. The fraction of sp³-hybridized carbons (Fsp3) is 0.583. The van der Waals surface area contributed by atoms with Gasteiger partial charge in [-0.2, -0.15) is 0 Å². The van der Waals surface area contributed by atoms with Crippen molar-refractivity contribution in [1.82, 2.24) is 20.2 Å². The third-order valence-electron chi connectivity index (χ3n) is 6.20. The van der Waals surface area contributed by atoms with E-state index in [-0.39, 0.29) is 0 Å². The summed E-state index contributed by atoms with van der Waals surface area (Å²) in [5, 5.41) is 14.5. The van der Waals surface area contributed by atoms with Crippen LogP contribution >= 0.6 is 0 Å². The molecule has 3 heterocycles. The van der Waals surface area contributed by atoms with E-state index >= 15 is 0 Å². The average molecular weight is 426 g/mol. The maximum atomic E-state index is 11.1. The number of ether oxygens (including phenoxy) is 1. The molecule has 1 aromatic carbocycles. The molecule has 31 heavy (non-hydrogen) atoms. The second-order valence-corrected chi connectivity index (χ2v) is 8.80. The summed E-state index contributed by atoms with van der Waals surface area (Å²) in [6.45, 7) is 6.79. The van der Waals surface area contributed by atoms with Crippen molar-refractivity contribution < 1.29 is 9.84 Å². The van der Waals surface area contributed by atoms with Crippen molar-refractivity contribution in [3.05, 3.63) is 48.3 Å². The first-order chi connectivity index (χ1) is 15.2. The Kier molecular flexibility index (Phi) is 7.72. The highest BCUT2D eigenvalue weighted by atomic mass is 16.5. The van der Waals surface area contributed by atoms with Crippen LogP contribution in [0.25, 0.3) is 0 Å². The Morgan fingerprint density at radius 2 is 1.87 bits per heavy atom. The minimum Gasteiger partial charge on any atom is -0.492 e. The first-order valence-electron chi connectivity index (χ1n) is 11.6. The SMILES string of the molecule is O[C@]1(CNCc2cccc(OCCN3CCCCC3)c2)CCCN(c2ncccn2)C1. The van der Waals surface area contributed by atoms with E-state index in [1.807, 2.05) is 18.2 Å². The highest BCUT2D eigenvalue weighted by molar-refractivity contribution is 5.31. The molecular formula is C24H35N5O2. The number of nitrogens with one attached hydrogen (secondary N) is 1. The minimum atomic E-state index is -0.778. The van der Waals surface area contributed by atoms with Gasteiger partial charge in [0, 0.05) is 38.6 Å². The van der Waals surface area contributed by atoms with Crippen molar-refractivity contribution in [3.8, 4) is 5.75 Å². The molecule has 7 heteroatoms. The average Bonchev–Trinajstić information content (AvgIpc) is 2.81. The van der Waals surface area contributed by atoms with E-state index in [2.05, 4.69) is 37.2 Å². The van der Waals surface area contributed by atoms with Gasteiger partial charge >= 0.3 is 0 Å². The number of aliphatic hydroxyl groups is 1. The van der Waals surface area contributed by atoms with Crippen molar-refractivity contribution in [1.29, 1.82) is 0 Å². The third kappa shape index (κ3) is 6.63. The fourth-order valence-corrected chi connectivity index (χ4v) is 4.54. The van der Waals surface area contributed by atoms with Gasteiger partial charge in [-0.3, -0.25) is 4.90 Å². The number of rotatable bonds is 9. The standard InChI is InChI=1S/C24H35N5O2/c30-24(9-5-14-29(20-24)23-26-10-6-11-27-23)19-25-18-21-7-4-8-22(17-21)31-16-15-28-12-2-1-3-13-28/h4,6-8,10-11,17,25,30H,1-3,5,9,12-16,18-20H2/t24-/m0/s1. The summed E-state index contributed by atoms with van der Waals surface area (Å²) in [5.41, 5.74) is 0.387. The molecule has 2 aromatic rings. The van der Waals surface area contributed by atoms with Gasteiger partial charge in [-0.15, -0.1) is 0 Å². The van der Waals surface area contributed by atoms with Gasteiger partial charge in [-0.25, -0.2) is 9.97 Å². The first kappa shape index (κ1) is 22.0. The molecule has 2 aliphatic heterocycles. The topological polar surface area (TPSA) is 73.8 Å². The summed E-state index contributed by atoms with van der Waals surface area (Å²) < 4.78 is 5.99. The summed E-state index contributed by atoms with van der Waals surface area (Å²) in [5.74, 6) is 1.61. The zero-order chi connectivity index (χ0) is 21.4. The number of anilines is 1. The predicted molar refractivity (Wildman–Crippen MR) is 122 cm³/mol. The van der Waals surface area contributed by atoms with Crippen molar-refractivity contribution >= 4 is 5.95 Å². The number of hydrogen-bond donors (Lipinski definition) is 2. The quantitative estimate of drug-likeness (QED) is 0.639. The van der Waals surface area contributed by atoms with Gasteiger partial charge in [0.2, 0.25) is 5.95 Å². The van der Waals surface area contributed by atoms with E-state index in [0.29, 0.717) is 25.6 Å². The van der Waals surface area contributed by atoms with Crippen molar-refractivity contribution in [2.24, 2.45) is 0 Å². The number of hydrogen-bond acceptors (Lipinski definition) is 7. The lowest BCUT2D eigenvalue weighted by molar-refractivity contribution is 0.0256.